The summed E-state index contributed by atoms with van der Waals surface area (Å²) in [6, 6.07) is -0.136. The fraction of sp³-hybridized carbons (Fsp3) is 0.818. The van der Waals surface area contributed by atoms with E-state index in [4.69, 9.17) is 0 Å². The lowest BCUT2D eigenvalue weighted by atomic mass is 9.96. The molecule has 0 amide bonds. The van der Waals surface area contributed by atoms with Crippen molar-refractivity contribution in [2.24, 2.45) is 13.0 Å². The molecule has 1 fully saturated rings. The van der Waals surface area contributed by atoms with Crippen LogP contribution in [0.5, 0.6) is 0 Å². The molecule has 0 saturated carbocycles. The van der Waals surface area contributed by atoms with Gasteiger partial charge in [0.25, 0.3) is 0 Å². The Morgan fingerprint density at radius 3 is 2.72 bits per heavy atom. The van der Waals surface area contributed by atoms with Gasteiger partial charge >= 0.3 is 6.18 Å². The first kappa shape index (κ1) is 13.3. The summed E-state index contributed by atoms with van der Waals surface area (Å²) in [5.74, 6) is -0.514. The topological polar surface area (TPSA) is 34.0 Å². The van der Waals surface area contributed by atoms with Crippen LogP contribution in [-0.2, 0) is 7.05 Å². The molecule has 2 unspecified atom stereocenters. The Kier molecular flexibility index (Phi) is 3.61. The number of hydrogen-bond acceptors (Lipinski definition) is 3. The highest BCUT2D eigenvalue weighted by Crippen LogP contribution is 2.35. The van der Waals surface area contributed by atoms with E-state index in [2.05, 4.69) is 10.2 Å². The highest BCUT2D eigenvalue weighted by atomic mass is 19.4. The lowest BCUT2D eigenvalue weighted by Gasteiger charge is -2.36. The fourth-order valence-electron chi connectivity index (χ4n) is 2.46. The van der Waals surface area contributed by atoms with E-state index in [1.165, 1.54) is 0 Å². The van der Waals surface area contributed by atoms with E-state index in [0.717, 1.165) is 0 Å². The molecule has 0 aromatic carbocycles. The summed E-state index contributed by atoms with van der Waals surface area (Å²) >= 11 is 0. The third-order valence-electron chi connectivity index (χ3n) is 3.58. The van der Waals surface area contributed by atoms with E-state index in [-0.39, 0.29) is 19.0 Å². The van der Waals surface area contributed by atoms with Gasteiger partial charge in [-0.15, -0.1) is 10.2 Å². The lowest BCUT2D eigenvalue weighted by Crippen LogP contribution is -2.43. The van der Waals surface area contributed by atoms with Gasteiger partial charge in [-0.2, -0.15) is 13.2 Å². The number of aryl methyl sites for hydroxylation is 1. The molecule has 0 spiro atoms. The summed E-state index contributed by atoms with van der Waals surface area (Å²) in [6.45, 7) is 2.61. The second kappa shape index (κ2) is 4.87. The van der Waals surface area contributed by atoms with Crippen LogP contribution in [0.4, 0.5) is 13.2 Å². The van der Waals surface area contributed by atoms with Gasteiger partial charge in [-0.05, 0) is 26.3 Å². The lowest BCUT2D eigenvalue weighted by molar-refractivity contribution is -0.188. The predicted molar refractivity (Wildman–Crippen MR) is 59.8 cm³/mol. The average molecular weight is 262 g/mol. The summed E-state index contributed by atoms with van der Waals surface area (Å²) in [5, 5.41) is 7.74. The van der Waals surface area contributed by atoms with Gasteiger partial charge in [-0.25, -0.2) is 0 Å². The van der Waals surface area contributed by atoms with E-state index < -0.39 is 12.1 Å². The quantitative estimate of drug-likeness (QED) is 0.819. The molecule has 18 heavy (non-hydrogen) atoms. The molecule has 1 aliphatic rings. The SMILES string of the molecule is CC(c1nncn1C)N1CCCC(C(F)(F)F)C1. The smallest absolute Gasteiger partial charge is 0.319 e. The molecular formula is C11H17F3N4. The second-order valence-corrected chi connectivity index (χ2v) is 4.85. The summed E-state index contributed by atoms with van der Waals surface area (Å²) in [6.07, 6.45) is -1.73. The van der Waals surface area contributed by atoms with Gasteiger partial charge in [0.2, 0.25) is 0 Å². The number of nitrogens with zero attached hydrogens (tertiary/aromatic N) is 4. The van der Waals surface area contributed by atoms with Crippen molar-refractivity contribution >= 4 is 0 Å². The highest BCUT2D eigenvalue weighted by molar-refractivity contribution is 4.95. The molecule has 0 bridgehead atoms. The zero-order chi connectivity index (χ0) is 13.3. The maximum Gasteiger partial charge on any atom is 0.393 e. The molecule has 2 atom stereocenters. The minimum absolute atomic E-state index is 0.0531. The third kappa shape index (κ3) is 2.66. The Hall–Kier alpha value is -1.11. The van der Waals surface area contributed by atoms with E-state index in [1.807, 2.05) is 11.8 Å². The molecule has 0 aliphatic carbocycles. The van der Waals surface area contributed by atoms with Crippen LogP contribution in [0.2, 0.25) is 0 Å². The van der Waals surface area contributed by atoms with Crippen LogP contribution < -0.4 is 0 Å². The molecule has 1 aromatic rings. The van der Waals surface area contributed by atoms with Crippen molar-refractivity contribution < 1.29 is 13.2 Å². The van der Waals surface area contributed by atoms with Crippen LogP contribution in [0.3, 0.4) is 0 Å². The van der Waals surface area contributed by atoms with Crippen LogP contribution >= 0.6 is 0 Å². The number of alkyl halides is 3. The fourth-order valence-corrected chi connectivity index (χ4v) is 2.46. The van der Waals surface area contributed by atoms with Gasteiger partial charge in [-0.3, -0.25) is 4.90 Å². The maximum absolute atomic E-state index is 12.7. The Bertz CT molecular complexity index is 401. The number of piperidine rings is 1. The van der Waals surface area contributed by atoms with E-state index in [9.17, 15) is 13.2 Å². The number of halogens is 3. The standard InChI is InChI=1S/C11H17F3N4/c1-8(10-16-15-7-17(10)2)18-5-3-4-9(6-18)11(12,13)14/h7-9H,3-6H2,1-2H3. The molecule has 1 aromatic heterocycles. The summed E-state index contributed by atoms with van der Waals surface area (Å²) in [5.41, 5.74) is 0. The Morgan fingerprint density at radius 2 is 2.17 bits per heavy atom. The van der Waals surface area contributed by atoms with Crippen molar-refractivity contribution in [2.45, 2.75) is 32.0 Å². The normalized spacial score (nSPS) is 24.2. The van der Waals surface area contributed by atoms with Crippen LogP contribution in [0.15, 0.2) is 6.33 Å². The van der Waals surface area contributed by atoms with Crippen molar-refractivity contribution in [3.05, 3.63) is 12.2 Å². The minimum atomic E-state index is -4.10. The summed E-state index contributed by atoms with van der Waals surface area (Å²) in [4.78, 5) is 1.84. The number of aromatic nitrogens is 3. The zero-order valence-electron chi connectivity index (χ0n) is 10.5. The number of likely N-dealkylation sites (tertiary alicyclic amines) is 1. The van der Waals surface area contributed by atoms with E-state index >= 15 is 0 Å². The predicted octanol–water partition coefficient (Wildman–Crippen LogP) is 2.15. The Balaban J connectivity index is 2.07. The molecule has 0 N–H and O–H groups in total. The van der Waals surface area contributed by atoms with Gasteiger partial charge in [0.05, 0.1) is 12.0 Å². The maximum atomic E-state index is 12.7. The first-order chi connectivity index (χ1) is 8.39. The Morgan fingerprint density at radius 1 is 1.44 bits per heavy atom. The van der Waals surface area contributed by atoms with E-state index in [0.29, 0.717) is 18.8 Å². The first-order valence-corrected chi connectivity index (χ1v) is 6.04. The number of rotatable bonds is 2. The monoisotopic (exact) mass is 262 g/mol. The molecule has 2 rings (SSSR count). The second-order valence-electron chi connectivity index (χ2n) is 4.85. The van der Waals surface area contributed by atoms with Crippen molar-refractivity contribution in [3.8, 4) is 0 Å². The van der Waals surface area contributed by atoms with Gasteiger partial charge in [0, 0.05) is 13.6 Å². The molecule has 0 radical (unpaired) electrons. The summed E-state index contributed by atoms with van der Waals surface area (Å²) < 4.78 is 40.0. The Labute approximate surface area is 104 Å². The molecule has 7 heteroatoms. The zero-order valence-corrected chi connectivity index (χ0v) is 10.5. The van der Waals surface area contributed by atoms with Crippen molar-refractivity contribution in [2.75, 3.05) is 13.1 Å². The first-order valence-electron chi connectivity index (χ1n) is 6.04. The van der Waals surface area contributed by atoms with Crippen LogP contribution in [-0.4, -0.2) is 38.9 Å². The molecule has 1 saturated heterocycles. The van der Waals surface area contributed by atoms with Crippen LogP contribution in [0.25, 0.3) is 0 Å². The van der Waals surface area contributed by atoms with Gasteiger partial charge < -0.3 is 4.57 Å². The molecule has 102 valence electrons. The van der Waals surface area contributed by atoms with Crippen molar-refractivity contribution in [3.63, 3.8) is 0 Å². The van der Waals surface area contributed by atoms with Gasteiger partial charge in [-0.1, -0.05) is 0 Å². The molecule has 1 aliphatic heterocycles. The minimum Gasteiger partial charge on any atom is -0.319 e. The molecular weight excluding hydrogens is 245 g/mol. The van der Waals surface area contributed by atoms with Gasteiger partial charge in [0.1, 0.15) is 12.2 Å². The van der Waals surface area contributed by atoms with E-state index in [1.54, 1.807) is 17.9 Å². The van der Waals surface area contributed by atoms with Crippen LogP contribution in [0, 0.1) is 5.92 Å². The third-order valence-corrected chi connectivity index (χ3v) is 3.58. The summed E-state index contributed by atoms with van der Waals surface area (Å²) in [7, 11) is 1.80. The number of hydrogen-bond donors (Lipinski definition) is 0. The van der Waals surface area contributed by atoms with Gasteiger partial charge in [0.15, 0.2) is 0 Å². The highest BCUT2D eigenvalue weighted by Gasteiger charge is 2.42. The van der Waals surface area contributed by atoms with Crippen molar-refractivity contribution in [1.82, 2.24) is 19.7 Å². The molecule has 4 nitrogen and oxygen atoms in total. The average Bonchev–Trinajstić information content (AvgIpc) is 2.73. The molecule has 2 heterocycles. The van der Waals surface area contributed by atoms with Crippen LogP contribution in [0.1, 0.15) is 31.6 Å². The van der Waals surface area contributed by atoms with Crippen molar-refractivity contribution in [1.29, 1.82) is 0 Å². The largest absolute Gasteiger partial charge is 0.393 e.